The molecule has 128 valence electrons. The molecule has 0 fully saturated rings. The fraction of sp³-hybridized carbons (Fsp3) is 0.286. The molecular formula is C21H23N3O. The predicted molar refractivity (Wildman–Crippen MR) is 104 cm³/mol. The van der Waals surface area contributed by atoms with Gasteiger partial charge in [0.15, 0.2) is 5.43 Å². The highest BCUT2D eigenvalue weighted by Gasteiger charge is 2.16. The molecule has 1 aliphatic heterocycles. The third-order valence-corrected chi connectivity index (χ3v) is 5.17. The summed E-state index contributed by atoms with van der Waals surface area (Å²) in [6, 6.07) is 13.8. The molecule has 0 bridgehead atoms. The maximum Gasteiger partial charge on any atom is 0.180 e. The van der Waals surface area contributed by atoms with Crippen molar-refractivity contribution in [2.45, 2.75) is 20.4 Å². The summed E-state index contributed by atoms with van der Waals surface area (Å²) in [5.41, 5.74) is 4.48. The zero-order valence-electron chi connectivity index (χ0n) is 14.7. The Kier molecular flexibility index (Phi) is 4.06. The van der Waals surface area contributed by atoms with Gasteiger partial charge in [-0.05, 0) is 31.3 Å². The number of pyridine rings is 1. The molecule has 2 heterocycles. The molecule has 2 aliphatic rings. The molecular weight excluding hydrogens is 310 g/mol. The lowest BCUT2D eigenvalue weighted by molar-refractivity contribution is 0.293. The molecule has 0 saturated heterocycles. The van der Waals surface area contributed by atoms with Gasteiger partial charge in [0, 0.05) is 52.9 Å². The van der Waals surface area contributed by atoms with Crippen LogP contribution in [-0.2, 0) is 6.54 Å². The Morgan fingerprint density at radius 3 is 2.64 bits per heavy atom. The van der Waals surface area contributed by atoms with Crippen molar-refractivity contribution in [3.05, 3.63) is 58.9 Å². The quantitative estimate of drug-likeness (QED) is 0.601. The lowest BCUT2D eigenvalue weighted by Crippen LogP contribution is -2.26. The number of benzene rings is 2. The van der Waals surface area contributed by atoms with Gasteiger partial charge in [-0.1, -0.05) is 32.0 Å². The first-order chi connectivity index (χ1) is 12.2. The van der Waals surface area contributed by atoms with Crippen LogP contribution < -0.4 is 5.43 Å². The molecule has 1 aliphatic carbocycles. The van der Waals surface area contributed by atoms with Crippen LogP contribution in [0.2, 0.25) is 0 Å². The second kappa shape index (κ2) is 6.37. The van der Waals surface area contributed by atoms with Crippen LogP contribution in [0, 0.1) is 0 Å². The highest BCUT2D eigenvalue weighted by atomic mass is 16.1. The van der Waals surface area contributed by atoms with Crippen LogP contribution in [0.5, 0.6) is 0 Å². The number of hydrogen-bond acceptors (Lipinski definition) is 2. The van der Waals surface area contributed by atoms with Crippen LogP contribution in [0.3, 0.4) is 0 Å². The summed E-state index contributed by atoms with van der Waals surface area (Å²) in [4.78, 5) is 17.5. The number of likely N-dealkylation sites (N-methyl/N-ethyl adjacent to an activating group) is 1. The number of rotatable bonds is 5. The predicted octanol–water partition coefficient (Wildman–Crippen LogP) is 3.93. The van der Waals surface area contributed by atoms with E-state index in [1.54, 1.807) is 12.1 Å². The Morgan fingerprint density at radius 2 is 1.84 bits per heavy atom. The molecule has 0 unspecified atom stereocenters. The van der Waals surface area contributed by atoms with Crippen LogP contribution in [0.15, 0.2) is 53.5 Å². The van der Waals surface area contributed by atoms with Crippen LogP contribution in [-0.4, -0.2) is 34.1 Å². The van der Waals surface area contributed by atoms with E-state index in [2.05, 4.69) is 52.6 Å². The van der Waals surface area contributed by atoms with Gasteiger partial charge in [-0.25, -0.2) is 0 Å². The van der Waals surface area contributed by atoms with Crippen molar-refractivity contribution in [1.29, 1.82) is 0 Å². The topological polar surface area (TPSA) is 41.0 Å². The second-order valence-corrected chi connectivity index (χ2v) is 6.45. The third-order valence-electron chi connectivity index (χ3n) is 5.17. The van der Waals surface area contributed by atoms with Crippen molar-refractivity contribution in [2.75, 3.05) is 19.6 Å². The maximum absolute atomic E-state index is 11.7. The number of H-pyrrole nitrogens is 1. The first-order valence-electron chi connectivity index (χ1n) is 8.97. The molecule has 4 nitrogen and oxygen atoms in total. The van der Waals surface area contributed by atoms with Gasteiger partial charge in [-0.2, -0.15) is 0 Å². The minimum atomic E-state index is 0.0355. The van der Waals surface area contributed by atoms with Crippen LogP contribution in [0.25, 0.3) is 33.1 Å². The summed E-state index contributed by atoms with van der Waals surface area (Å²) >= 11 is 0. The van der Waals surface area contributed by atoms with Gasteiger partial charge in [-0.15, -0.1) is 0 Å². The molecule has 0 radical (unpaired) electrons. The number of aromatic nitrogens is 2. The van der Waals surface area contributed by atoms with E-state index in [0.29, 0.717) is 0 Å². The summed E-state index contributed by atoms with van der Waals surface area (Å²) < 4.78 is 2.39. The van der Waals surface area contributed by atoms with E-state index in [1.165, 1.54) is 21.8 Å². The molecule has 0 saturated carbocycles. The molecule has 4 heteroatoms. The van der Waals surface area contributed by atoms with Crippen molar-refractivity contribution in [3.63, 3.8) is 0 Å². The summed E-state index contributed by atoms with van der Waals surface area (Å²) in [6.07, 6.45) is 2.04. The molecule has 4 rings (SSSR count). The number of fused-ring (bicyclic) bond motifs is 5. The Balaban J connectivity index is 1.96. The van der Waals surface area contributed by atoms with Crippen molar-refractivity contribution in [3.8, 4) is 11.3 Å². The molecule has 0 atom stereocenters. The normalized spacial score (nSPS) is 12.0. The van der Waals surface area contributed by atoms with Crippen molar-refractivity contribution in [1.82, 2.24) is 14.5 Å². The lowest BCUT2D eigenvalue weighted by Gasteiger charge is -2.19. The lowest BCUT2D eigenvalue weighted by atomic mass is 10.0. The first-order valence-corrected chi connectivity index (χ1v) is 8.97. The number of nitrogens with zero attached hydrogens (tertiary/aromatic N) is 2. The zero-order valence-corrected chi connectivity index (χ0v) is 14.7. The number of aromatic amines is 1. The summed E-state index contributed by atoms with van der Waals surface area (Å²) in [5, 5.41) is 2.47. The van der Waals surface area contributed by atoms with Crippen LogP contribution in [0.4, 0.5) is 0 Å². The number of nitrogens with one attached hydrogen (secondary N) is 1. The van der Waals surface area contributed by atoms with E-state index in [0.717, 1.165) is 37.4 Å². The van der Waals surface area contributed by atoms with Crippen LogP contribution in [0.1, 0.15) is 13.8 Å². The summed E-state index contributed by atoms with van der Waals surface area (Å²) in [7, 11) is 0. The Bertz CT molecular complexity index is 1060. The monoisotopic (exact) mass is 333 g/mol. The number of para-hydroxylation sites is 1. The smallest absolute Gasteiger partial charge is 0.180 e. The Labute approximate surface area is 147 Å². The van der Waals surface area contributed by atoms with Gasteiger partial charge >= 0.3 is 0 Å². The van der Waals surface area contributed by atoms with Crippen molar-refractivity contribution in [2.24, 2.45) is 0 Å². The molecule has 1 aromatic carbocycles. The minimum absolute atomic E-state index is 0.0355. The van der Waals surface area contributed by atoms with Gasteiger partial charge in [0.1, 0.15) is 0 Å². The Hall–Kier alpha value is -2.59. The van der Waals surface area contributed by atoms with Gasteiger partial charge in [0.25, 0.3) is 0 Å². The van der Waals surface area contributed by atoms with Crippen molar-refractivity contribution >= 4 is 21.8 Å². The minimum Gasteiger partial charge on any atom is -0.359 e. The summed E-state index contributed by atoms with van der Waals surface area (Å²) in [5.74, 6) is 0. The van der Waals surface area contributed by atoms with Crippen molar-refractivity contribution < 1.29 is 0 Å². The fourth-order valence-corrected chi connectivity index (χ4v) is 3.79. The molecule has 2 aromatic rings. The molecule has 0 amide bonds. The molecule has 0 spiro atoms. The standard InChI is InChI=1S/C21H23N3O/c1-3-23(4-2)11-12-24-19-8-6-5-7-17(19)21-16-10-9-15(25)13-18(16)22-14-20(21)24/h5-10,13-14,22H,3-4,11-12H2,1-2H3. The highest BCUT2D eigenvalue weighted by molar-refractivity contribution is 6.14. The second-order valence-electron chi connectivity index (χ2n) is 6.45. The Morgan fingerprint density at radius 1 is 1.04 bits per heavy atom. The van der Waals surface area contributed by atoms with E-state index in [-0.39, 0.29) is 5.43 Å². The average Bonchev–Trinajstić information content (AvgIpc) is 2.96. The average molecular weight is 333 g/mol. The fourth-order valence-electron chi connectivity index (χ4n) is 3.79. The molecule has 1 N–H and O–H groups in total. The van der Waals surface area contributed by atoms with Gasteiger partial charge in [-0.3, -0.25) is 4.79 Å². The van der Waals surface area contributed by atoms with E-state index >= 15 is 0 Å². The maximum atomic E-state index is 11.7. The SMILES string of the molecule is CCN(CC)CCn1c2ccccc2c2c3ccc(=O)cc-3[nH]cc21. The first kappa shape index (κ1) is 15.9. The van der Waals surface area contributed by atoms with E-state index < -0.39 is 0 Å². The van der Waals surface area contributed by atoms with Crippen LogP contribution >= 0.6 is 0 Å². The molecule has 25 heavy (non-hydrogen) atoms. The molecule has 1 aromatic heterocycles. The van der Waals surface area contributed by atoms with E-state index in [9.17, 15) is 4.79 Å². The highest BCUT2D eigenvalue weighted by Crippen LogP contribution is 2.36. The third kappa shape index (κ3) is 2.63. The van der Waals surface area contributed by atoms with E-state index in [1.807, 2.05) is 12.3 Å². The van der Waals surface area contributed by atoms with Gasteiger partial charge < -0.3 is 14.5 Å². The van der Waals surface area contributed by atoms with E-state index in [4.69, 9.17) is 0 Å². The van der Waals surface area contributed by atoms with Gasteiger partial charge in [0.05, 0.1) is 5.52 Å². The number of hydrogen-bond donors (Lipinski definition) is 1. The van der Waals surface area contributed by atoms with Gasteiger partial charge in [0.2, 0.25) is 0 Å². The zero-order chi connectivity index (χ0) is 17.4. The summed E-state index contributed by atoms with van der Waals surface area (Å²) in [6.45, 7) is 8.52. The largest absolute Gasteiger partial charge is 0.359 e.